The van der Waals surface area contributed by atoms with E-state index in [2.05, 4.69) is 29.4 Å². The molecule has 0 aliphatic heterocycles. The summed E-state index contributed by atoms with van der Waals surface area (Å²) in [6, 6.07) is 0. The number of hydrogen-bond donors (Lipinski definition) is 2. The molecule has 0 aliphatic rings. The fourth-order valence-corrected chi connectivity index (χ4v) is 2.43. The van der Waals surface area contributed by atoms with Gasteiger partial charge in [0.25, 0.3) is 0 Å². The van der Waals surface area contributed by atoms with Gasteiger partial charge in [-0.05, 0) is 12.8 Å². The van der Waals surface area contributed by atoms with Crippen LogP contribution in [0, 0.1) is 0 Å². The van der Waals surface area contributed by atoms with E-state index in [0.717, 1.165) is 17.8 Å². The van der Waals surface area contributed by atoms with E-state index in [-0.39, 0.29) is 5.91 Å². The third kappa shape index (κ3) is 3.53. The van der Waals surface area contributed by atoms with E-state index in [1.165, 1.54) is 11.3 Å². The Morgan fingerprint density at radius 1 is 1.44 bits per heavy atom. The third-order valence-corrected chi connectivity index (χ3v) is 3.39. The molecule has 0 saturated heterocycles. The van der Waals surface area contributed by atoms with Crippen molar-refractivity contribution in [3.8, 4) is 0 Å². The number of hydrogen-bond acceptors (Lipinski definition) is 5. The molecule has 1 heterocycles. The second-order valence-electron chi connectivity index (χ2n) is 3.55. The zero-order valence-electron chi connectivity index (χ0n) is 9.69. The number of nitrogens with two attached hydrogens (primary N) is 1. The van der Waals surface area contributed by atoms with Crippen LogP contribution < -0.4 is 11.1 Å². The van der Waals surface area contributed by atoms with Gasteiger partial charge in [0, 0.05) is 18.9 Å². The SMILES string of the molecule is CCC(CC)c1nnc(NC(=O)CCN)s1. The molecule has 1 amide bonds. The number of nitrogens with one attached hydrogen (secondary N) is 1. The van der Waals surface area contributed by atoms with Crippen molar-refractivity contribution in [1.29, 1.82) is 0 Å². The molecule has 0 aromatic carbocycles. The van der Waals surface area contributed by atoms with Gasteiger partial charge in [0.05, 0.1) is 0 Å². The Labute approximate surface area is 99.5 Å². The smallest absolute Gasteiger partial charge is 0.227 e. The van der Waals surface area contributed by atoms with Crippen LogP contribution in [0.3, 0.4) is 0 Å². The molecule has 1 aromatic heterocycles. The molecule has 6 heteroatoms. The molecule has 0 spiro atoms. The zero-order valence-corrected chi connectivity index (χ0v) is 10.5. The van der Waals surface area contributed by atoms with Gasteiger partial charge in [0.1, 0.15) is 5.01 Å². The standard InChI is InChI=1S/C10H18N4OS/c1-3-7(4-2)9-13-14-10(16-9)12-8(15)5-6-11/h7H,3-6,11H2,1-2H3,(H,12,14,15). The maximum absolute atomic E-state index is 11.3. The van der Waals surface area contributed by atoms with Crippen molar-refractivity contribution in [3.63, 3.8) is 0 Å². The van der Waals surface area contributed by atoms with Gasteiger partial charge in [0.15, 0.2) is 0 Å². The second-order valence-corrected chi connectivity index (χ2v) is 4.55. The Hall–Kier alpha value is -1.01. The number of nitrogens with zero attached hydrogens (tertiary/aromatic N) is 2. The lowest BCUT2D eigenvalue weighted by molar-refractivity contribution is -0.116. The van der Waals surface area contributed by atoms with Crippen LogP contribution in [-0.4, -0.2) is 22.6 Å². The summed E-state index contributed by atoms with van der Waals surface area (Å²) >= 11 is 1.45. The lowest BCUT2D eigenvalue weighted by atomic mass is 10.1. The monoisotopic (exact) mass is 242 g/mol. The molecule has 0 aliphatic carbocycles. The van der Waals surface area contributed by atoms with Gasteiger partial charge in [-0.15, -0.1) is 10.2 Å². The molecule has 3 N–H and O–H groups in total. The summed E-state index contributed by atoms with van der Waals surface area (Å²) in [7, 11) is 0. The number of aromatic nitrogens is 2. The molecule has 16 heavy (non-hydrogen) atoms. The van der Waals surface area contributed by atoms with Crippen LogP contribution in [0.25, 0.3) is 0 Å². The van der Waals surface area contributed by atoms with Gasteiger partial charge in [-0.2, -0.15) is 0 Å². The van der Waals surface area contributed by atoms with Crippen molar-refractivity contribution in [1.82, 2.24) is 10.2 Å². The normalized spacial score (nSPS) is 10.8. The Kier molecular flexibility index (Phi) is 5.34. The van der Waals surface area contributed by atoms with E-state index in [4.69, 9.17) is 5.73 Å². The first-order valence-corrected chi connectivity index (χ1v) is 6.36. The topological polar surface area (TPSA) is 80.9 Å². The first-order valence-electron chi connectivity index (χ1n) is 5.54. The van der Waals surface area contributed by atoms with Gasteiger partial charge in [0.2, 0.25) is 11.0 Å². The lowest BCUT2D eigenvalue weighted by Gasteiger charge is -2.05. The van der Waals surface area contributed by atoms with Gasteiger partial charge < -0.3 is 11.1 Å². The number of rotatable bonds is 6. The molecule has 0 bridgehead atoms. The van der Waals surface area contributed by atoms with Crippen molar-refractivity contribution in [3.05, 3.63) is 5.01 Å². The van der Waals surface area contributed by atoms with E-state index < -0.39 is 0 Å². The highest BCUT2D eigenvalue weighted by molar-refractivity contribution is 7.15. The van der Waals surface area contributed by atoms with Gasteiger partial charge in [-0.25, -0.2) is 0 Å². The summed E-state index contributed by atoms with van der Waals surface area (Å²) in [4.78, 5) is 11.3. The summed E-state index contributed by atoms with van der Waals surface area (Å²) in [6.45, 7) is 4.61. The van der Waals surface area contributed by atoms with E-state index >= 15 is 0 Å². The fraction of sp³-hybridized carbons (Fsp3) is 0.700. The third-order valence-electron chi connectivity index (χ3n) is 2.39. The molecule has 0 saturated carbocycles. The van der Waals surface area contributed by atoms with Crippen LogP contribution >= 0.6 is 11.3 Å². The summed E-state index contributed by atoms with van der Waals surface area (Å²) in [5.74, 6) is 0.340. The first kappa shape index (κ1) is 13.1. The Balaban J connectivity index is 2.60. The zero-order chi connectivity index (χ0) is 12.0. The Morgan fingerprint density at radius 3 is 2.69 bits per heavy atom. The summed E-state index contributed by atoms with van der Waals surface area (Å²) < 4.78 is 0. The van der Waals surface area contributed by atoms with Crippen LogP contribution in [-0.2, 0) is 4.79 Å². The highest BCUT2D eigenvalue weighted by Gasteiger charge is 2.14. The van der Waals surface area contributed by atoms with E-state index in [9.17, 15) is 4.79 Å². The first-order chi connectivity index (χ1) is 7.71. The summed E-state index contributed by atoms with van der Waals surface area (Å²) in [5, 5.41) is 12.3. The van der Waals surface area contributed by atoms with Crippen LogP contribution in [0.2, 0.25) is 0 Å². The fourth-order valence-electron chi connectivity index (χ4n) is 1.40. The van der Waals surface area contributed by atoms with Crippen molar-refractivity contribution < 1.29 is 4.79 Å². The molecule has 0 radical (unpaired) electrons. The van der Waals surface area contributed by atoms with E-state index in [0.29, 0.717) is 24.0 Å². The average Bonchev–Trinajstić information content (AvgIpc) is 2.68. The highest BCUT2D eigenvalue weighted by Crippen LogP contribution is 2.27. The minimum atomic E-state index is -0.102. The van der Waals surface area contributed by atoms with Crippen LogP contribution in [0.15, 0.2) is 0 Å². The Morgan fingerprint density at radius 2 is 2.12 bits per heavy atom. The minimum absolute atomic E-state index is 0.102. The van der Waals surface area contributed by atoms with Crippen molar-refractivity contribution >= 4 is 22.4 Å². The quantitative estimate of drug-likeness (QED) is 0.796. The van der Waals surface area contributed by atoms with Crippen molar-refractivity contribution in [2.45, 2.75) is 39.0 Å². The molecular weight excluding hydrogens is 224 g/mol. The molecule has 0 unspecified atom stereocenters. The maximum atomic E-state index is 11.3. The number of amides is 1. The lowest BCUT2D eigenvalue weighted by Crippen LogP contribution is -2.15. The number of anilines is 1. The number of carbonyl (C=O) groups is 1. The number of carbonyl (C=O) groups excluding carboxylic acids is 1. The highest BCUT2D eigenvalue weighted by atomic mass is 32.1. The van der Waals surface area contributed by atoms with Crippen molar-refractivity contribution in [2.75, 3.05) is 11.9 Å². The van der Waals surface area contributed by atoms with Gasteiger partial charge in [-0.1, -0.05) is 25.2 Å². The molecule has 1 rings (SSSR count). The van der Waals surface area contributed by atoms with Gasteiger partial charge >= 0.3 is 0 Å². The van der Waals surface area contributed by atoms with Crippen LogP contribution in [0.1, 0.15) is 44.0 Å². The minimum Gasteiger partial charge on any atom is -0.330 e. The largest absolute Gasteiger partial charge is 0.330 e. The molecule has 0 atom stereocenters. The molecule has 1 aromatic rings. The Bertz CT molecular complexity index is 335. The van der Waals surface area contributed by atoms with E-state index in [1.807, 2.05) is 0 Å². The predicted octanol–water partition coefficient (Wildman–Crippen LogP) is 1.73. The summed E-state index contributed by atoms with van der Waals surface area (Å²) in [5.41, 5.74) is 5.29. The average molecular weight is 242 g/mol. The predicted molar refractivity (Wildman–Crippen MR) is 65.5 cm³/mol. The van der Waals surface area contributed by atoms with Gasteiger partial charge in [-0.3, -0.25) is 4.79 Å². The maximum Gasteiger partial charge on any atom is 0.227 e. The second kappa shape index (κ2) is 6.55. The van der Waals surface area contributed by atoms with Crippen LogP contribution in [0.4, 0.5) is 5.13 Å². The molecule has 90 valence electrons. The van der Waals surface area contributed by atoms with Crippen LogP contribution in [0.5, 0.6) is 0 Å². The summed E-state index contributed by atoms with van der Waals surface area (Å²) in [6.07, 6.45) is 2.41. The molecular formula is C10H18N4OS. The van der Waals surface area contributed by atoms with Crippen molar-refractivity contribution in [2.24, 2.45) is 5.73 Å². The molecule has 0 fully saturated rings. The molecule has 5 nitrogen and oxygen atoms in total. The van der Waals surface area contributed by atoms with E-state index in [1.54, 1.807) is 0 Å².